The minimum absolute atomic E-state index is 0.632. The topological polar surface area (TPSA) is 12.0 Å². The van der Waals surface area contributed by atoms with Crippen LogP contribution in [0.15, 0.2) is 18.2 Å². The summed E-state index contributed by atoms with van der Waals surface area (Å²) < 4.78 is 0. The second-order valence-electron chi connectivity index (χ2n) is 5.49. The van der Waals surface area contributed by atoms with E-state index in [4.69, 9.17) is 23.2 Å². The molecule has 3 heteroatoms. The van der Waals surface area contributed by atoms with E-state index in [0.717, 1.165) is 19.0 Å². The third-order valence-electron chi connectivity index (χ3n) is 4.13. The molecule has 0 aromatic heterocycles. The zero-order valence-electron chi connectivity index (χ0n) is 9.81. The molecule has 17 heavy (non-hydrogen) atoms. The molecule has 1 aromatic rings. The van der Waals surface area contributed by atoms with E-state index in [1.54, 1.807) is 0 Å². The van der Waals surface area contributed by atoms with Crippen molar-refractivity contribution in [3.05, 3.63) is 33.8 Å². The van der Waals surface area contributed by atoms with Gasteiger partial charge in [-0.3, -0.25) is 0 Å². The van der Waals surface area contributed by atoms with Gasteiger partial charge >= 0.3 is 0 Å². The Morgan fingerprint density at radius 2 is 1.94 bits per heavy atom. The molecule has 2 aliphatic rings. The molecule has 1 nitrogen and oxygen atoms in total. The van der Waals surface area contributed by atoms with Crippen molar-refractivity contribution in [3.8, 4) is 0 Å². The first-order valence-corrected chi connectivity index (χ1v) is 7.10. The molecule has 0 saturated heterocycles. The maximum Gasteiger partial charge on any atom is 0.0595 e. The van der Waals surface area contributed by atoms with Crippen molar-refractivity contribution >= 4 is 23.2 Å². The van der Waals surface area contributed by atoms with Crippen LogP contribution in [-0.4, -0.2) is 6.54 Å². The first-order valence-electron chi connectivity index (χ1n) is 6.34. The zero-order chi connectivity index (χ0) is 11.9. The number of nitrogens with one attached hydrogen (secondary N) is 1. The molecule has 92 valence electrons. The van der Waals surface area contributed by atoms with Gasteiger partial charge in [-0.15, -0.1) is 0 Å². The number of hydrogen-bond acceptors (Lipinski definition) is 1. The van der Waals surface area contributed by atoms with Gasteiger partial charge in [-0.25, -0.2) is 0 Å². The van der Waals surface area contributed by atoms with Crippen LogP contribution in [-0.2, 0) is 6.54 Å². The molecule has 1 N–H and O–H groups in total. The Morgan fingerprint density at radius 1 is 1.18 bits per heavy atom. The van der Waals surface area contributed by atoms with Gasteiger partial charge in [0.1, 0.15) is 0 Å². The van der Waals surface area contributed by atoms with Gasteiger partial charge in [-0.05, 0) is 54.7 Å². The molecular formula is C14H17Cl2N. The quantitative estimate of drug-likeness (QED) is 0.842. The standard InChI is InChI=1S/C14H17Cl2N/c15-12-4-1-10(7-13(12)16)8-17-9-14(5-6-14)11-2-3-11/h1,4,7,11,17H,2-3,5-6,8-9H2. The van der Waals surface area contributed by atoms with Gasteiger partial charge in [-0.1, -0.05) is 29.3 Å². The molecule has 0 amide bonds. The largest absolute Gasteiger partial charge is 0.312 e. The molecule has 0 spiro atoms. The van der Waals surface area contributed by atoms with E-state index in [1.807, 2.05) is 18.2 Å². The fourth-order valence-electron chi connectivity index (χ4n) is 2.69. The molecule has 0 aliphatic heterocycles. The van der Waals surface area contributed by atoms with Crippen LogP contribution in [0.5, 0.6) is 0 Å². The van der Waals surface area contributed by atoms with Gasteiger partial charge in [0, 0.05) is 13.1 Å². The van der Waals surface area contributed by atoms with E-state index >= 15 is 0 Å². The van der Waals surface area contributed by atoms with E-state index in [2.05, 4.69) is 5.32 Å². The summed E-state index contributed by atoms with van der Waals surface area (Å²) in [4.78, 5) is 0. The highest BCUT2D eigenvalue weighted by Gasteiger charge is 2.53. The number of rotatable bonds is 5. The molecule has 3 rings (SSSR count). The molecule has 2 fully saturated rings. The van der Waals surface area contributed by atoms with Crippen LogP contribution >= 0.6 is 23.2 Å². The molecule has 0 atom stereocenters. The van der Waals surface area contributed by atoms with E-state index < -0.39 is 0 Å². The first-order chi connectivity index (χ1) is 8.20. The Balaban J connectivity index is 1.52. The number of halogens is 2. The SMILES string of the molecule is Clc1ccc(CNCC2(C3CC3)CC2)cc1Cl. The van der Waals surface area contributed by atoms with Crippen LogP contribution in [0, 0.1) is 11.3 Å². The van der Waals surface area contributed by atoms with E-state index in [1.165, 1.54) is 31.2 Å². The molecule has 0 bridgehead atoms. The molecule has 2 saturated carbocycles. The Hall–Kier alpha value is -0.240. The molecule has 0 unspecified atom stereocenters. The predicted octanol–water partition coefficient (Wildman–Crippen LogP) is 4.27. The van der Waals surface area contributed by atoms with Gasteiger partial charge in [0.25, 0.3) is 0 Å². The lowest BCUT2D eigenvalue weighted by Crippen LogP contribution is -2.24. The van der Waals surface area contributed by atoms with E-state index in [0.29, 0.717) is 15.5 Å². The highest BCUT2D eigenvalue weighted by atomic mass is 35.5. The summed E-state index contributed by atoms with van der Waals surface area (Å²) in [6, 6.07) is 5.86. The molecular weight excluding hydrogens is 253 g/mol. The smallest absolute Gasteiger partial charge is 0.0595 e. The van der Waals surface area contributed by atoms with E-state index in [-0.39, 0.29) is 0 Å². The summed E-state index contributed by atoms with van der Waals surface area (Å²) in [6.45, 7) is 2.06. The van der Waals surface area contributed by atoms with Crippen LogP contribution in [0.1, 0.15) is 31.2 Å². The van der Waals surface area contributed by atoms with Crippen LogP contribution in [0.3, 0.4) is 0 Å². The van der Waals surface area contributed by atoms with Crippen molar-refractivity contribution in [2.24, 2.45) is 11.3 Å². The van der Waals surface area contributed by atoms with Gasteiger partial charge in [-0.2, -0.15) is 0 Å². The molecule has 0 radical (unpaired) electrons. The third-order valence-corrected chi connectivity index (χ3v) is 4.86. The summed E-state index contributed by atoms with van der Waals surface area (Å²) in [5.41, 5.74) is 1.88. The average Bonchev–Trinajstić information content (AvgIpc) is 3.14. The lowest BCUT2D eigenvalue weighted by Gasteiger charge is -2.15. The number of benzene rings is 1. The minimum Gasteiger partial charge on any atom is -0.312 e. The van der Waals surface area contributed by atoms with Crippen molar-refractivity contribution < 1.29 is 0 Å². The van der Waals surface area contributed by atoms with Crippen LogP contribution < -0.4 is 5.32 Å². The van der Waals surface area contributed by atoms with Crippen molar-refractivity contribution in [2.45, 2.75) is 32.2 Å². The Labute approximate surface area is 112 Å². The van der Waals surface area contributed by atoms with Gasteiger partial charge in [0.2, 0.25) is 0 Å². The van der Waals surface area contributed by atoms with Gasteiger partial charge in [0.15, 0.2) is 0 Å². The number of hydrogen-bond donors (Lipinski definition) is 1. The van der Waals surface area contributed by atoms with Gasteiger partial charge < -0.3 is 5.32 Å². The summed E-state index contributed by atoms with van der Waals surface area (Å²) in [5.74, 6) is 1.02. The lowest BCUT2D eigenvalue weighted by atomic mass is 10.0. The predicted molar refractivity (Wildman–Crippen MR) is 72.6 cm³/mol. The fraction of sp³-hybridized carbons (Fsp3) is 0.571. The van der Waals surface area contributed by atoms with Crippen LogP contribution in [0.2, 0.25) is 10.0 Å². The molecule has 2 aliphatic carbocycles. The minimum atomic E-state index is 0.632. The normalized spacial score (nSPS) is 21.5. The second-order valence-corrected chi connectivity index (χ2v) is 6.30. The maximum absolute atomic E-state index is 6.00. The zero-order valence-corrected chi connectivity index (χ0v) is 11.3. The Kier molecular flexibility index (Phi) is 3.10. The van der Waals surface area contributed by atoms with Crippen molar-refractivity contribution in [3.63, 3.8) is 0 Å². The summed E-state index contributed by atoms with van der Waals surface area (Å²) in [5, 5.41) is 4.85. The van der Waals surface area contributed by atoms with Crippen molar-refractivity contribution in [1.29, 1.82) is 0 Å². The lowest BCUT2D eigenvalue weighted by molar-refractivity contribution is 0.403. The highest BCUT2D eigenvalue weighted by molar-refractivity contribution is 6.42. The van der Waals surface area contributed by atoms with Crippen LogP contribution in [0.4, 0.5) is 0 Å². The Morgan fingerprint density at radius 3 is 2.53 bits per heavy atom. The fourth-order valence-corrected chi connectivity index (χ4v) is 3.01. The monoisotopic (exact) mass is 269 g/mol. The maximum atomic E-state index is 6.00. The van der Waals surface area contributed by atoms with Crippen molar-refractivity contribution in [2.75, 3.05) is 6.54 Å². The van der Waals surface area contributed by atoms with Crippen molar-refractivity contribution in [1.82, 2.24) is 5.32 Å². The second kappa shape index (κ2) is 4.46. The highest BCUT2D eigenvalue weighted by Crippen LogP contribution is 2.60. The molecule has 0 heterocycles. The third kappa shape index (κ3) is 2.62. The van der Waals surface area contributed by atoms with E-state index in [9.17, 15) is 0 Å². The summed E-state index contributed by atoms with van der Waals surface area (Å²) in [7, 11) is 0. The van der Waals surface area contributed by atoms with Gasteiger partial charge in [0.05, 0.1) is 10.0 Å². The summed E-state index contributed by atoms with van der Waals surface area (Å²) in [6.07, 6.45) is 5.75. The average molecular weight is 270 g/mol. The van der Waals surface area contributed by atoms with Crippen LogP contribution in [0.25, 0.3) is 0 Å². The molecule has 1 aromatic carbocycles. The Bertz CT molecular complexity index is 422. The first kappa shape index (κ1) is 11.8. The summed E-state index contributed by atoms with van der Waals surface area (Å²) >= 11 is 11.9.